The number of piperidine rings is 1. The average molecular weight is 469 g/mol. The van der Waals surface area contributed by atoms with Crippen LogP contribution in [-0.2, 0) is 13.0 Å². The van der Waals surface area contributed by atoms with Gasteiger partial charge in [-0.25, -0.2) is 14.4 Å². The van der Waals surface area contributed by atoms with Crippen molar-refractivity contribution in [3.05, 3.63) is 96.2 Å². The maximum absolute atomic E-state index is 13.4. The lowest BCUT2D eigenvalue weighted by molar-refractivity contribution is 0.220. The van der Waals surface area contributed by atoms with Gasteiger partial charge >= 0.3 is 0 Å². The molecule has 1 N–H and O–H groups in total. The van der Waals surface area contributed by atoms with Crippen LogP contribution in [-0.4, -0.2) is 49.5 Å². The Morgan fingerprint density at radius 2 is 1.71 bits per heavy atom. The van der Waals surface area contributed by atoms with Crippen LogP contribution in [0, 0.1) is 5.82 Å². The van der Waals surface area contributed by atoms with Gasteiger partial charge in [0.05, 0.1) is 23.3 Å². The fourth-order valence-electron chi connectivity index (χ4n) is 4.98. The minimum absolute atomic E-state index is 0.212. The number of rotatable bonds is 7. The predicted octanol–water partition coefficient (Wildman–Crippen LogP) is 4.99. The van der Waals surface area contributed by atoms with Crippen LogP contribution in [0.3, 0.4) is 0 Å². The van der Waals surface area contributed by atoms with Crippen molar-refractivity contribution in [2.75, 3.05) is 25.0 Å². The minimum atomic E-state index is -0.212. The number of anilines is 1. The Morgan fingerprint density at radius 1 is 0.914 bits per heavy atom. The third-order valence-corrected chi connectivity index (χ3v) is 6.93. The van der Waals surface area contributed by atoms with Crippen molar-refractivity contribution >= 4 is 22.6 Å². The van der Waals surface area contributed by atoms with Gasteiger partial charge in [0.1, 0.15) is 11.5 Å². The molecular weight excluding hydrogens is 439 g/mol. The lowest BCUT2D eigenvalue weighted by atomic mass is 10.0. The maximum Gasteiger partial charge on any atom is 0.204 e. The third-order valence-electron chi connectivity index (χ3n) is 6.93. The van der Waals surface area contributed by atoms with E-state index in [2.05, 4.69) is 31.4 Å². The predicted molar refractivity (Wildman–Crippen MR) is 137 cm³/mol. The van der Waals surface area contributed by atoms with Crippen molar-refractivity contribution in [2.45, 2.75) is 31.8 Å². The molecule has 2 aromatic carbocycles. The molecule has 178 valence electrons. The molecule has 7 heteroatoms. The number of para-hydroxylation sites is 2. The summed E-state index contributed by atoms with van der Waals surface area (Å²) in [6.07, 6.45) is 7.30. The molecule has 0 atom stereocenters. The Kier molecular flexibility index (Phi) is 5.92. The van der Waals surface area contributed by atoms with E-state index in [4.69, 9.17) is 9.97 Å². The van der Waals surface area contributed by atoms with E-state index in [-0.39, 0.29) is 5.82 Å². The number of nitrogens with one attached hydrogen (secondary N) is 1. The summed E-state index contributed by atoms with van der Waals surface area (Å²) in [5.41, 5.74) is 5.27. The van der Waals surface area contributed by atoms with Crippen LogP contribution < -0.4 is 5.32 Å². The normalized spacial score (nSPS) is 15.2. The van der Waals surface area contributed by atoms with Gasteiger partial charge in [-0.1, -0.05) is 30.3 Å². The highest BCUT2D eigenvalue weighted by Crippen LogP contribution is 2.24. The number of hydrogen-bond donors (Lipinski definition) is 1. The Bertz CT molecular complexity index is 1400. The van der Waals surface area contributed by atoms with Gasteiger partial charge in [0, 0.05) is 44.5 Å². The van der Waals surface area contributed by atoms with E-state index in [1.807, 2.05) is 54.7 Å². The van der Waals surface area contributed by atoms with Gasteiger partial charge in [-0.2, -0.15) is 0 Å². The first kappa shape index (κ1) is 21.8. The molecule has 1 fully saturated rings. The third kappa shape index (κ3) is 4.77. The highest BCUT2D eigenvalue weighted by Gasteiger charge is 2.21. The van der Waals surface area contributed by atoms with Crippen molar-refractivity contribution in [2.24, 2.45) is 0 Å². The Labute approximate surface area is 204 Å². The first-order valence-electron chi connectivity index (χ1n) is 12.3. The molecule has 5 aromatic rings. The molecular formula is C28H29FN6. The molecule has 0 saturated carbocycles. The van der Waals surface area contributed by atoms with E-state index in [9.17, 15) is 4.39 Å². The molecule has 35 heavy (non-hydrogen) atoms. The van der Waals surface area contributed by atoms with Crippen molar-refractivity contribution in [1.82, 2.24) is 23.8 Å². The SMILES string of the molecule is Fc1ccc(Cn2c(NC3CCN(CCc4cn5ccccc5n4)CC3)nc3ccccc32)cc1. The highest BCUT2D eigenvalue weighted by atomic mass is 19.1. The molecule has 3 aromatic heterocycles. The number of benzene rings is 2. The first-order chi connectivity index (χ1) is 17.2. The second-order valence-corrected chi connectivity index (χ2v) is 9.35. The fraction of sp³-hybridized carbons (Fsp3) is 0.286. The van der Waals surface area contributed by atoms with Crippen molar-refractivity contribution in [3.63, 3.8) is 0 Å². The van der Waals surface area contributed by atoms with Crippen molar-refractivity contribution in [3.8, 4) is 0 Å². The van der Waals surface area contributed by atoms with Crippen LogP contribution in [0.1, 0.15) is 24.1 Å². The quantitative estimate of drug-likeness (QED) is 0.366. The largest absolute Gasteiger partial charge is 0.353 e. The lowest BCUT2D eigenvalue weighted by Crippen LogP contribution is -2.40. The summed E-state index contributed by atoms with van der Waals surface area (Å²) >= 11 is 0. The lowest BCUT2D eigenvalue weighted by Gasteiger charge is -2.32. The molecule has 0 unspecified atom stereocenters. The van der Waals surface area contributed by atoms with Crippen LogP contribution >= 0.6 is 0 Å². The Morgan fingerprint density at radius 3 is 2.54 bits per heavy atom. The zero-order chi connectivity index (χ0) is 23.6. The van der Waals surface area contributed by atoms with Crippen LogP contribution in [0.25, 0.3) is 16.7 Å². The standard InChI is InChI=1S/C28H29FN6/c29-22-10-8-21(9-11-22)19-35-26-6-2-1-5-25(26)32-28(35)31-23-12-16-33(17-13-23)18-14-24-20-34-15-4-3-7-27(34)30-24/h1-11,15,20,23H,12-14,16-19H2,(H,31,32). The topological polar surface area (TPSA) is 50.4 Å². The number of nitrogens with zero attached hydrogens (tertiary/aromatic N) is 5. The molecule has 0 radical (unpaired) electrons. The van der Waals surface area contributed by atoms with Crippen LogP contribution in [0.4, 0.5) is 10.3 Å². The number of halogens is 1. The number of aromatic nitrogens is 4. The molecule has 0 spiro atoms. The van der Waals surface area contributed by atoms with E-state index < -0.39 is 0 Å². The molecule has 1 saturated heterocycles. The fourth-order valence-corrected chi connectivity index (χ4v) is 4.98. The van der Waals surface area contributed by atoms with Crippen LogP contribution in [0.5, 0.6) is 0 Å². The van der Waals surface area contributed by atoms with Crippen LogP contribution in [0.15, 0.2) is 79.1 Å². The van der Waals surface area contributed by atoms with Gasteiger partial charge in [-0.3, -0.25) is 0 Å². The van der Waals surface area contributed by atoms with Gasteiger partial charge in [0.25, 0.3) is 0 Å². The molecule has 6 nitrogen and oxygen atoms in total. The number of pyridine rings is 1. The van der Waals surface area contributed by atoms with E-state index in [0.717, 1.165) is 72.8 Å². The van der Waals surface area contributed by atoms with E-state index >= 15 is 0 Å². The van der Waals surface area contributed by atoms with E-state index in [0.29, 0.717) is 12.6 Å². The monoisotopic (exact) mass is 468 g/mol. The number of hydrogen-bond acceptors (Lipinski definition) is 4. The smallest absolute Gasteiger partial charge is 0.204 e. The summed E-state index contributed by atoms with van der Waals surface area (Å²) in [7, 11) is 0. The second-order valence-electron chi connectivity index (χ2n) is 9.35. The van der Waals surface area contributed by atoms with Gasteiger partial charge < -0.3 is 19.2 Å². The van der Waals surface area contributed by atoms with Gasteiger partial charge in [-0.05, 0) is 54.8 Å². The molecule has 0 aliphatic carbocycles. The molecule has 0 amide bonds. The minimum Gasteiger partial charge on any atom is -0.353 e. The van der Waals surface area contributed by atoms with E-state index in [1.165, 1.54) is 12.1 Å². The number of likely N-dealkylation sites (tertiary alicyclic amines) is 1. The average Bonchev–Trinajstić information content (AvgIpc) is 3.46. The summed E-state index contributed by atoms with van der Waals surface area (Å²) in [6.45, 7) is 3.80. The molecule has 6 rings (SSSR count). The summed E-state index contributed by atoms with van der Waals surface area (Å²) in [5.74, 6) is 0.675. The van der Waals surface area contributed by atoms with Crippen molar-refractivity contribution in [1.29, 1.82) is 0 Å². The zero-order valence-electron chi connectivity index (χ0n) is 19.6. The van der Waals surface area contributed by atoms with Gasteiger partial charge in [-0.15, -0.1) is 0 Å². The summed E-state index contributed by atoms with van der Waals surface area (Å²) in [5, 5.41) is 3.72. The van der Waals surface area contributed by atoms with Gasteiger partial charge in [0.2, 0.25) is 5.95 Å². The van der Waals surface area contributed by atoms with E-state index in [1.54, 1.807) is 0 Å². The molecule has 1 aliphatic heterocycles. The van der Waals surface area contributed by atoms with Crippen LogP contribution in [0.2, 0.25) is 0 Å². The first-order valence-corrected chi connectivity index (χ1v) is 12.3. The second kappa shape index (κ2) is 9.50. The summed E-state index contributed by atoms with van der Waals surface area (Å²) < 4.78 is 17.7. The summed E-state index contributed by atoms with van der Waals surface area (Å²) in [6, 6.07) is 21.4. The highest BCUT2D eigenvalue weighted by molar-refractivity contribution is 5.78. The van der Waals surface area contributed by atoms with Crippen molar-refractivity contribution < 1.29 is 4.39 Å². The van der Waals surface area contributed by atoms with Gasteiger partial charge in [0.15, 0.2) is 0 Å². The zero-order valence-corrected chi connectivity index (χ0v) is 19.6. The maximum atomic E-state index is 13.4. The number of imidazole rings is 2. The number of fused-ring (bicyclic) bond motifs is 2. The Balaban J connectivity index is 1.10. The summed E-state index contributed by atoms with van der Waals surface area (Å²) in [4.78, 5) is 12.2. The molecule has 0 bridgehead atoms. The molecule has 1 aliphatic rings. The molecule has 4 heterocycles. The Hall–Kier alpha value is -3.71.